The van der Waals surface area contributed by atoms with Crippen LogP contribution < -0.4 is 11.1 Å². The standard InChI is InChI=1S/C18H28N4/c1-14-7-10-22(11-8-14)12-9-20-18(19)21-17-6-5-15-3-2-4-16(15)13-17/h5-6,13-14H,2-4,7-12H2,1H3,(H3,19,20,21). The van der Waals surface area contributed by atoms with Gasteiger partial charge in [-0.2, -0.15) is 0 Å². The maximum absolute atomic E-state index is 6.01. The van der Waals surface area contributed by atoms with Crippen LogP contribution in [0.3, 0.4) is 0 Å². The molecule has 0 saturated carbocycles. The van der Waals surface area contributed by atoms with Crippen LogP contribution in [-0.4, -0.2) is 37.0 Å². The van der Waals surface area contributed by atoms with E-state index in [0.29, 0.717) is 5.96 Å². The van der Waals surface area contributed by atoms with Gasteiger partial charge in [0.05, 0.1) is 6.54 Å². The van der Waals surface area contributed by atoms with Gasteiger partial charge < -0.3 is 16.0 Å². The molecular weight excluding hydrogens is 272 g/mol. The second-order valence-electron chi connectivity index (χ2n) is 6.75. The van der Waals surface area contributed by atoms with E-state index in [1.165, 1.54) is 56.3 Å². The van der Waals surface area contributed by atoms with Crippen LogP contribution >= 0.6 is 0 Å². The molecule has 120 valence electrons. The Morgan fingerprint density at radius 1 is 1.27 bits per heavy atom. The van der Waals surface area contributed by atoms with Gasteiger partial charge in [0.2, 0.25) is 0 Å². The third-order valence-electron chi connectivity index (χ3n) is 4.95. The normalized spacial score (nSPS) is 20.1. The molecule has 1 aliphatic heterocycles. The van der Waals surface area contributed by atoms with E-state index in [2.05, 4.69) is 40.3 Å². The van der Waals surface area contributed by atoms with Crippen LogP contribution in [-0.2, 0) is 12.8 Å². The summed E-state index contributed by atoms with van der Waals surface area (Å²) in [6, 6.07) is 6.54. The van der Waals surface area contributed by atoms with Crippen LogP contribution in [0.5, 0.6) is 0 Å². The van der Waals surface area contributed by atoms with E-state index in [1.807, 2.05) is 0 Å². The Kier molecular flexibility index (Phi) is 4.98. The SMILES string of the molecule is CC1CCN(CCN=C(N)Nc2ccc3c(c2)CCC3)CC1. The lowest BCUT2D eigenvalue weighted by Gasteiger charge is -2.29. The van der Waals surface area contributed by atoms with Gasteiger partial charge in [-0.1, -0.05) is 13.0 Å². The quantitative estimate of drug-likeness (QED) is 0.664. The molecule has 2 aliphatic rings. The number of piperidine rings is 1. The second kappa shape index (κ2) is 7.14. The van der Waals surface area contributed by atoms with Crippen molar-refractivity contribution in [2.24, 2.45) is 16.6 Å². The number of fused-ring (bicyclic) bond motifs is 1. The number of benzene rings is 1. The number of hydrogen-bond donors (Lipinski definition) is 2. The topological polar surface area (TPSA) is 53.6 Å². The van der Waals surface area contributed by atoms with Crippen LogP contribution in [0.2, 0.25) is 0 Å². The monoisotopic (exact) mass is 300 g/mol. The summed E-state index contributed by atoms with van der Waals surface area (Å²) >= 11 is 0. The average molecular weight is 300 g/mol. The summed E-state index contributed by atoms with van der Waals surface area (Å²) in [7, 11) is 0. The minimum Gasteiger partial charge on any atom is -0.370 e. The second-order valence-corrected chi connectivity index (χ2v) is 6.75. The van der Waals surface area contributed by atoms with Crippen LogP contribution in [0.4, 0.5) is 5.69 Å². The number of nitrogens with two attached hydrogens (primary N) is 1. The average Bonchev–Trinajstić information content (AvgIpc) is 2.97. The molecule has 1 heterocycles. The summed E-state index contributed by atoms with van der Waals surface area (Å²) in [4.78, 5) is 6.96. The van der Waals surface area contributed by atoms with E-state index in [0.717, 1.165) is 24.7 Å². The Hall–Kier alpha value is -1.55. The highest BCUT2D eigenvalue weighted by atomic mass is 15.2. The molecule has 0 unspecified atom stereocenters. The highest BCUT2D eigenvalue weighted by Crippen LogP contribution is 2.24. The van der Waals surface area contributed by atoms with Gasteiger partial charge in [-0.3, -0.25) is 4.99 Å². The Balaban J connectivity index is 1.46. The molecule has 1 saturated heterocycles. The molecular formula is C18H28N4. The van der Waals surface area contributed by atoms with E-state index in [1.54, 1.807) is 0 Å². The first kappa shape index (κ1) is 15.3. The lowest BCUT2D eigenvalue weighted by atomic mass is 9.99. The molecule has 3 N–H and O–H groups in total. The zero-order chi connectivity index (χ0) is 15.4. The Labute approximate surface area is 133 Å². The molecule has 1 aromatic rings. The van der Waals surface area contributed by atoms with Crippen LogP contribution in [0, 0.1) is 5.92 Å². The minimum absolute atomic E-state index is 0.531. The molecule has 1 aromatic carbocycles. The van der Waals surface area contributed by atoms with Crippen molar-refractivity contribution in [1.82, 2.24) is 4.90 Å². The number of rotatable bonds is 4. The fraction of sp³-hybridized carbons (Fsp3) is 0.611. The highest BCUT2D eigenvalue weighted by molar-refractivity contribution is 5.92. The van der Waals surface area contributed by atoms with E-state index in [-0.39, 0.29) is 0 Å². The lowest BCUT2D eigenvalue weighted by Crippen LogP contribution is -2.35. The molecule has 22 heavy (non-hydrogen) atoms. The zero-order valence-corrected chi connectivity index (χ0v) is 13.6. The summed E-state index contributed by atoms with van der Waals surface area (Å²) in [5.41, 5.74) is 10.0. The van der Waals surface area contributed by atoms with E-state index < -0.39 is 0 Å². The number of nitrogens with one attached hydrogen (secondary N) is 1. The highest BCUT2D eigenvalue weighted by Gasteiger charge is 2.14. The van der Waals surface area contributed by atoms with Crippen molar-refractivity contribution in [3.05, 3.63) is 29.3 Å². The van der Waals surface area contributed by atoms with Crippen molar-refractivity contribution in [3.8, 4) is 0 Å². The molecule has 0 spiro atoms. The van der Waals surface area contributed by atoms with Gasteiger partial charge in [-0.05, 0) is 74.4 Å². The molecule has 1 aliphatic carbocycles. The van der Waals surface area contributed by atoms with Crippen molar-refractivity contribution in [3.63, 3.8) is 0 Å². The molecule has 3 rings (SSSR count). The summed E-state index contributed by atoms with van der Waals surface area (Å²) in [6.07, 6.45) is 6.30. The van der Waals surface area contributed by atoms with Gasteiger partial charge in [-0.25, -0.2) is 0 Å². The fourth-order valence-electron chi connectivity index (χ4n) is 3.43. The van der Waals surface area contributed by atoms with Gasteiger partial charge in [0.1, 0.15) is 0 Å². The Morgan fingerprint density at radius 3 is 2.86 bits per heavy atom. The van der Waals surface area contributed by atoms with E-state index >= 15 is 0 Å². The van der Waals surface area contributed by atoms with Crippen LogP contribution in [0.15, 0.2) is 23.2 Å². The molecule has 0 bridgehead atoms. The Bertz CT molecular complexity index is 530. The van der Waals surface area contributed by atoms with Gasteiger partial charge in [-0.15, -0.1) is 0 Å². The minimum atomic E-state index is 0.531. The third-order valence-corrected chi connectivity index (χ3v) is 4.95. The summed E-state index contributed by atoms with van der Waals surface area (Å²) in [5.74, 6) is 1.41. The van der Waals surface area contributed by atoms with Crippen molar-refractivity contribution in [2.45, 2.75) is 39.0 Å². The first-order chi connectivity index (χ1) is 10.7. The van der Waals surface area contributed by atoms with Crippen molar-refractivity contribution >= 4 is 11.6 Å². The number of guanidine groups is 1. The number of aliphatic imine (C=N–C) groups is 1. The zero-order valence-electron chi connectivity index (χ0n) is 13.6. The van der Waals surface area contributed by atoms with E-state index in [9.17, 15) is 0 Å². The largest absolute Gasteiger partial charge is 0.370 e. The van der Waals surface area contributed by atoms with Gasteiger partial charge in [0, 0.05) is 12.2 Å². The molecule has 0 aromatic heterocycles. The van der Waals surface area contributed by atoms with Crippen molar-refractivity contribution in [2.75, 3.05) is 31.5 Å². The van der Waals surface area contributed by atoms with Crippen LogP contribution in [0.25, 0.3) is 0 Å². The number of likely N-dealkylation sites (tertiary alicyclic amines) is 1. The molecule has 0 radical (unpaired) electrons. The van der Waals surface area contributed by atoms with Gasteiger partial charge >= 0.3 is 0 Å². The van der Waals surface area contributed by atoms with Crippen molar-refractivity contribution < 1.29 is 0 Å². The predicted octanol–water partition coefficient (Wildman–Crippen LogP) is 2.63. The maximum atomic E-state index is 6.01. The molecule has 1 fully saturated rings. The summed E-state index contributed by atoms with van der Waals surface area (Å²) in [5, 5.41) is 3.23. The summed E-state index contributed by atoms with van der Waals surface area (Å²) in [6.45, 7) is 6.54. The number of aryl methyl sites for hydroxylation is 2. The molecule has 4 nitrogen and oxygen atoms in total. The van der Waals surface area contributed by atoms with Crippen LogP contribution in [0.1, 0.15) is 37.3 Å². The number of nitrogens with zero attached hydrogens (tertiary/aromatic N) is 2. The molecule has 0 amide bonds. The van der Waals surface area contributed by atoms with E-state index in [4.69, 9.17) is 5.73 Å². The molecule has 0 atom stereocenters. The first-order valence-corrected chi connectivity index (χ1v) is 8.62. The Morgan fingerprint density at radius 2 is 2.05 bits per heavy atom. The predicted molar refractivity (Wildman–Crippen MR) is 93.4 cm³/mol. The lowest BCUT2D eigenvalue weighted by molar-refractivity contribution is 0.197. The number of anilines is 1. The summed E-state index contributed by atoms with van der Waals surface area (Å²) < 4.78 is 0. The number of hydrogen-bond acceptors (Lipinski definition) is 2. The smallest absolute Gasteiger partial charge is 0.193 e. The fourth-order valence-corrected chi connectivity index (χ4v) is 3.43. The van der Waals surface area contributed by atoms with Gasteiger partial charge in [0.15, 0.2) is 5.96 Å². The first-order valence-electron chi connectivity index (χ1n) is 8.62. The third kappa shape index (κ3) is 4.01. The molecule has 4 heteroatoms. The van der Waals surface area contributed by atoms with Crippen molar-refractivity contribution in [1.29, 1.82) is 0 Å². The maximum Gasteiger partial charge on any atom is 0.193 e. The van der Waals surface area contributed by atoms with Gasteiger partial charge in [0.25, 0.3) is 0 Å².